The van der Waals surface area contributed by atoms with E-state index in [-0.39, 0.29) is 23.8 Å². The molecule has 4 unspecified atom stereocenters. The summed E-state index contributed by atoms with van der Waals surface area (Å²) in [5, 5.41) is 24.9. The normalized spacial score (nSPS) is 14.9. The van der Waals surface area contributed by atoms with Crippen molar-refractivity contribution < 1.29 is 34.2 Å². The topological polar surface area (TPSA) is 188 Å². The second-order valence-electron chi connectivity index (χ2n) is 7.06. The van der Waals surface area contributed by atoms with Gasteiger partial charge in [-0.2, -0.15) is 25.3 Å². The molecule has 0 bridgehead atoms. The smallest absolute Gasteiger partial charge is 0.327 e. The molecule has 0 radical (unpaired) electrons. The van der Waals surface area contributed by atoms with Gasteiger partial charge in [-0.3, -0.25) is 19.2 Å². The van der Waals surface area contributed by atoms with Crippen LogP contribution in [0.4, 0.5) is 0 Å². The van der Waals surface area contributed by atoms with E-state index >= 15 is 0 Å². The molecule has 0 heterocycles. The highest BCUT2D eigenvalue weighted by atomic mass is 32.1. The standard InChI is InChI=1S/C17H30N4O7S2/c1-8(2)5-9(18)14(24)19-10(3-4-13(22)23)15(25)20-11(6-29)16(26)21-12(7-30)17(27)28/h8-12,29-30H,3-7,18H2,1-2H3,(H,19,24)(H,20,25)(H,21,26)(H,22,23)(H,27,28). The van der Waals surface area contributed by atoms with Crippen LogP contribution in [-0.2, 0) is 24.0 Å². The number of aliphatic carboxylic acids is 2. The van der Waals surface area contributed by atoms with Crippen LogP contribution in [0.15, 0.2) is 0 Å². The summed E-state index contributed by atoms with van der Waals surface area (Å²) in [6, 6.07) is -4.62. The molecule has 0 fully saturated rings. The molecule has 0 aromatic carbocycles. The number of nitrogens with one attached hydrogen (secondary N) is 3. The van der Waals surface area contributed by atoms with Crippen molar-refractivity contribution in [2.75, 3.05) is 11.5 Å². The number of rotatable bonds is 14. The quantitative estimate of drug-likeness (QED) is 0.144. The Bertz CT molecular complexity index is 633. The van der Waals surface area contributed by atoms with Crippen LogP contribution in [-0.4, -0.2) is 75.5 Å². The number of carbonyl (C=O) groups is 5. The van der Waals surface area contributed by atoms with Gasteiger partial charge in [-0.05, 0) is 18.8 Å². The van der Waals surface area contributed by atoms with E-state index in [2.05, 4.69) is 41.2 Å². The molecule has 30 heavy (non-hydrogen) atoms. The van der Waals surface area contributed by atoms with Gasteiger partial charge in [-0.1, -0.05) is 13.8 Å². The summed E-state index contributed by atoms with van der Waals surface area (Å²) < 4.78 is 0. The number of carboxylic acids is 2. The molecule has 3 amide bonds. The first-order valence-electron chi connectivity index (χ1n) is 9.25. The summed E-state index contributed by atoms with van der Waals surface area (Å²) >= 11 is 7.82. The Morgan fingerprint density at radius 2 is 1.30 bits per heavy atom. The van der Waals surface area contributed by atoms with Crippen molar-refractivity contribution >= 4 is 54.9 Å². The number of carboxylic acid groups (broad SMARTS) is 2. The summed E-state index contributed by atoms with van der Waals surface area (Å²) in [5.41, 5.74) is 5.80. The van der Waals surface area contributed by atoms with Crippen molar-refractivity contribution in [3.05, 3.63) is 0 Å². The molecule has 0 spiro atoms. The van der Waals surface area contributed by atoms with Crippen LogP contribution in [0.25, 0.3) is 0 Å². The fraction of sp³-hybridized carbons (Fsp3) is 0.706. The first kappa shape index (κ1) is 28.0. The van der Waals surface area contributed by atoms with E-state index in [0.29, 0.717) is 6.42 Å². The number of nitrogens with two attached hydrogens (primary N) is 1. The van der Waals surface area contributed by atoms with E-state index in [1.165, 1.54) is 0 Å². The molecule has 0 aromatic heterocycles. The highest BCUT2D eigenvalue weighted by Gasteiger charge is 2.29. The Kier molecular flexibility index (Phi) is 13.2. The number of amides is 3. The van der Waals surface area contributed by atoms with Gasteiger partial charge in [0.15, 0.2) is 0 Å². The lowest BCUT2D eigenvalue weighted by atomic mass is 10.0. The molecular weight excluding hydrogens is 436 g/mol. The third-order valence-corrected chi connectivity index (χ3v) is 4.68. The summed E-state index contributed by atoms with van der Waals surface area (Å²) in [6.45, 7) is 3.74. The SMILES string of the molecule is CC(C)CC(N)C(=O)NC(CCC(=O)O)C(=O)NC(CS)C(=O)NC(CS)C(=O)O. The Labute approximate surface area is 185 Å². The van der Waals surface area contributed by atoms with Gasteiger partial charge in [-0.15, -0.1) is 0 Å². The minimum atomic E-state index is -1.30. The van der Waals surface area contributed by atoms with Crippen molar-refractivity contribution in [3.8, 4) is 0 Å². The van der Waals surface area contributed by atoms with Gasteiger partial charge < -0.3 is 31.9 Å². The third kappa shape index (κ3) is 10.7. The summed E-state index contributed by atoms with van der Waals surface area (Å²) in [5.74, 6) is -4.91. The largest absolute Gasteiger partial charge is 0.481 e. The number of hydrogen-bond donors (Lipinski definition) is 8. The fourth-order valence-electron chi connectivity index (χ4n) is 2.35. The monoisotopic (exact) mass is 466 g/mol. The lowest BCUT2D eigenvalue weighted by Gasteiger charge is -2.24. The van der Waals surface area contributed by atoms with Gasteiger partial charge in [0.1, 0.15) is 18.1 Å². The van der Waals surface area contributed by atoms with Crippen LogP contribution in [0.1, 0.15) is 33.1 Å². The second-order valence-corrected chi connectivity index (χ2v) is 7.79. The van der Waals surface area contributed by atoms with E-state index in [1.54, 1.807) is 0 Å². The van der Waals surface area contributed by atoms with Gasteiger partial charge in [-0.25, -0.2) is 4.79 Å². The molecule has 172 valence electrons. The van der Waals surface area contributed by atoms with Crippen molar-refractivity contribution in [1.82, 2.24) is 16.0 Å². The van der Waals surface area contributed by atoms with Crippen LogP contribution in [0.3, 0.4) is 0 Å². The molecule has 0 saturated carbocycles. The molecule has 0 aliphatic heterocycles. The summed E-state index contributed by atoms with van der Waals surface area (Å²) in [4.78, 5) is 59.0. The zero-order valence-electron chi connectivity index (χ0n) is 16.8. The predicted octanol–water partition coefficient (Wildman–Crippen LogP) is -1.38. The molecule has 0 aliphatic carbocycles. The maximum absolute atomic E-state index is 12.6. The van der Waals surface area contributed by atoms with E-state index in [0.717, 1.165) is 0 Å². The Hall–Kier alpha value is -1.99. The van der Waals surface area contributed by atoms with Gasteiger partial charge >= 0.3 is 11.9 Å². The van der Waals surface area contributed by atoms with E-state index in [1.807, 2.05) is 13.8 Å². The zero-order chi connectivity index (χ0) is 23.4. The zero-order valence-corrected chi connectivity index (χ0v) is 18.6. The van der Waals surface area contributed by atoms with Crippen LogP contribution in [0.5, 0.6) is 0 Å². The Balaban J connectivity index is 5.22. The molecule has 0 saturated heterocycles. The second kappa shape index (κ2) is 14.1. The number of hydrogen-bond acceptors (Lipinski definition) is 8. The maximum atomic E-state index is 12.6. The molecule has 0 aromatic rings. The van der Waals surface area contributed by atoms with Crippen LogP contribution >= 0.6 is 25.3 Å². The van der Waals surface area contributed by atoms with Crippen molar-refractivity contribution in [2.24, 2.45) is 11.7 Å². The van der Waals surface area contributed by atoms with Crippen LogP contribution < -0.4 is 21.7 Å². The molecule has 0 rings (SSSR count). The molecular formula is C17H30N4O7S2. The van der Waals surface area contributed by atoms with Crippen molar-refractivity contribution in [2.45, 2.75) is 57.3 Å². The number of thiol groups is 2. The van der Waals surface area contributed by atoms with Crippen molar-refractivity contribution in [1.29, 1.82) is 0 Å². The van der Waals surface area contributed by atoms with E-state index < -0.39 is 60.2 Å². The molecule has 13 heteroatoms. The van der Waals surface area contributed by atoms with Gasteiger partial charge in [0.05, 0.1) is 6.04 Å². The first-order valence-corrected chi connectivity index (χ1v) is 10.5. The fourth-order valence-corrected chi connectivity index (χ4v) is 2.86. The highest BCUT2D eigenvalue weighted by molar-refractivity contribution is 7.80. The molecule has 7 N–H and O–H groups in total. The van der Waals surface area contributed by atoms with Crippen LogP contribution in [0.2, 0.25) is 0 Å². The maximum Gasteiger partial charge on any atom is 0.327 e. The minimum Gasteiger partial charge on any atom is -0.481 e. The van der Waals surface area contributed by atoms with Gasteiger partial charge in [0, 0.05) is 17.9 Å². The Morgan fingerprint density at radius 1 is 0.833 bits per heavy atom. The average Bonchev–Trinajstić information content (AvgIpc) is 2.65. The third-order valence-electron chi connectivity index (χ3n) is 3.95. The van der Waals surface area contributed by atoms with Gasteiger partial charge in [0.2, 0.25) is 17.7 Å². The first-order chi connectivity index (χ1) is 13.9. The van der Waals surface area contributed by atoms with E-state index in [4.69, 9.17) is 15.9 Å². The molecule has 11 nitrogen and oxygen atoms in total. The summed E-state index contributed by atoms with van der Waals surface area (Å²) in [6.07, 6.45) is -0.270. The summed E-state index contributed by atoms with van der Waals surface area (Å²) in [7, 11) is 0. The lowest BCUT2D eigenvalue weighted by Crippen LogP contribution is -2.58. The van der Waals surface area contributed by atoms with Crippen molar-refractivity contribution in [3.63, 3.8) is 0 Å². The highest BCUT2D eigenvalue weighted by Crippen LogP contribution is 2.05. The Morgan fingerprint density at radius 3 is 1.73 bits per heavy atom. The number of carbonyl (C=O) groups excluding carboxylic acids is 3. The van der Waals surface area contributed by atoms with E-state index in [9.17, 15) is 24.0 Å². The molecule has 0 aliphatic rings. The lowest BCUT2D eigenvalue weighted by molar-refractivity contribution is -0.141. The molecule has 4 atom stereocenters. The van der Waals surface area contributed by atoms with Crippen LogP contribution in [0, 0.1) is 5.92 Å². The predicted molar refractivity (Wildman–Crippen MR) is 115 cm³/mol. The minimum absolute atomic E-state index is 0.128. The van der Waals surface area contributed by atoms with Gasteiger partial charge in [0.25, 0.3) is 0 Å². The average molecular weight is 467 g/mol.